The van der Waals surface area contributed by atoms with Gasteiger partial charge in [-0.3, -0.25) is 9.78 Å². The van der Waals surface area contributed by atoms with E-state index in [0.717, 1.165) is 37.6 Å². The Morgan fingerprint density at radius 3 is 2.69 bits per heavy atom. The number of piperidine rings is 1. The number of sulfonamides is 1. The van der Waals surface area contributed by atoms with Crippen molar-refractivity contribution in [3.05, 3.63) is 18.1 Å². The van der Waals surface area contributed by atoms with Crippen molar-refractivity contribution < 1.29 is 22.7 Å². The molecule has 2 bridgehead atoms. The van der Waals surface area contributed by atoms with Gasteiger partial charge in [-0.1, -0.05) is 0 Å². The fourth-order valence-electron chi connectivity index (χ4n) is 4.41. The van der Waals surface area contributed by atoms with Gasteiger partial charge >= 0.3 is 0 Å². The van der Waals surface area contributed by atoms with Crippen molar-refractivity contribution in [3.63, 3.8) is 0 Å². The van der Waals surface area contributed by atoms with Gasteiger partial charge in [0.1, 0.15) is 5.69 Å². The van der Waals surface area contributed by atoms with Gasteiger partial charge in [0.2, 0.25) is 15.9 Å². The lowest BCUT2D eigenvalue weighted by Gasteiger charge is -2.37. The monoisotopic (exact) mass is 422 g/mol. The molecule has 4 aliphatic rings. The number of rotatable bonds is 1. The molecule has 0 radical (unpaired) electrons. The molecule has 9 nitrogen and oxygen atoms in total. The number of aromatic nitrogens is 2. The highest BCUT2D eigenvalue weighted by Gasteiger charge is 2.35. The molecule has 10 heteroatoms. The molecule has 0 N–H and O–H groups in total. The molecule has 1 atom stereocenters. The lowest BCUT2D eigenvalue weighted by molar-refractivity contribution is -0.136. The number of ether oxygens (including phenoxy) is 2. The molecule has 1 aromatic heterocycles. The van der Waals surface area contributed by atoms with Crippen LogP contribution in [-0.4, -0.2) is 73.1 Å². The molecule has 0 unspecified atom stereocenters. The first-order valence-corrected chi connectivity index (χ1v) is 11.9. The standard InChI is InChI=1S/C19H26N4O5S/c1-29(25,26)22-15-3-2-10-23-16(15)11-27-14-6-4-13(5-7-14)18-19(21-9-8-20-18)28-12-17(23)24/h8-9,13-14,16H,2-7,10-12H2,1H3/b22-15+/t13?,14?,16-/m0/s1. The Hall–Kier alpha value is -2.07. The van der Waals surface area contributed by atoms with Crippen molar-refractivity contribution in [1.82, 2.24) is 14.9 Å². The Balaban J connectivity index is 1.65. The summed E-state index contributed by atoms with van der Waals surface area (Å²) in [5.41, 5.74) is 1.28. The third kappa shape index (κ3) is 4.75. The Morgan fingerprint density at radius 1 is 1.17 bits per heavy atom. The van der Waals surface area contributed by atoms with Crippen LogP contribution in [0.3, 0.4) is 0 Å². The van der Waals surface area contributed by atoms with E-state index >= 15 is 0 Å². The molecule has 3 aliphatic heterocycles. The Bertz CT molecular complexity index is 896. The van der Waals surface area contributed by atoms with Crippen molar-refractivity contribution in [2.75, 3.05) is 26.0 Å². The van der Waals surface area contributed by atoms with Crippen LogP contribution in [0.1, 0.15) is 50.1 Å². The quantitative estimate of drug-likeness (QED) is 0.671. The molecule has 0 aromatic carbocycles. The van der Waals surface area contributed by atoms with E-state index in [4.69, 9.17) is 9.47 Å². The van der Waals surface area contributed by atoms with E-state index in [1.807, 2.05) is 0 Å². The molecular weight excluding hydrogens is 396 g/mol. The van der Waals surface area contributed by atoms with Crippen molar-refractivity contribution in [2.45, 2.75) is 56.6 Å². The van der Waals surface area contributed by atoms with E-state index in [0.29, 0.717) is 31.0 Å². The van der Waals surface area contributed by atoms with Gasteiger partial charge in [0, 0.05) is 24.9 Å². The summed E-state index contributed by atoms with van der Waals surface area (Å²) in [5.74, 6) is 0.407. The summed E-state index contributed by atoms with van der Waals surface area (Å²) in [7, 11) is -3.55. The highest BCUT2D eigenvalue weighted by molar-refractivity contribution is 7.89. The van der Waals surface area contributed by atoms with Crippen LogP contribution in [0.5, 0.6) is 5.88 Å². The van der Waals surface area contributed by atoms with Crippen LogP contribution in [-0.2, 0) is 19.6 Å². The molecule has 4 heterocycles. The molecule has 158 valence electrons. The van der Waals surface area contributed by atoms with Crippen molar-refractivity contribution in [1.29, 1.82) is 0 Å². The first kappa shape index (κ1) is 20.2. The maximum absolute atomic E-state index is 12.9. The van der Waals surface area contributed by atoms with Crippen molar-refractivity contribution >= 4 is 21.6 Å². The van der Waals surface area contributed by atoms with Crippen LogP contribution in [0, 0.1) is 0 Å². The average Bonchev–Trinajstić information content (AvgIpc) is 2.71. The zero-order valence-electron chi connectivity index (χ0n) is 16.5. The van der Waals surface area contributed by atoms with Gasteiger partial charge in [0.05, 0.1) is 30.7 Å². The van der Waals surface area contributed by atoms with Gasteiger partial charge in [-0.15, -0.1) is 0 Å². The molecule has 1 saturated carbocycles. The minimum atomic E-state index is -3.55. The van der Waals surface area contributed by atoms with Crippen LogP contribution in [0.15, 0.2) is 16.8 Å². The number of hydrogen-bond donors (Lipinski definition) is 0. The predicted octanol–water partition coefficient (Wildman–Crippen LogP) is 1.30. The van der Waals surface area contributed by atoms with E-state index in [1.54, 1.807) is 17.3 Å². The highest BCUT2D eigenvalue weighted by Crippen LogP contribution is 2.36. The third-order valence-electron chi connectivity index (χ3n) is 5.77. The number of fused-ring (bicyclic) bond motifs is 5. The second-order valence-corrected chi connectivity index (χ2v) is 9.51. The van der Waals surface area contributed by atoms with E-state index in [2.05, 4.69) is 14.4 Å². The normalized spacial score (nSPS) is 29.8. The summed E-state index contributed by atoms with van der Waals surface area (Å²) < 4.78 is 39.4. The second kappa shape index (κ2) is 8.35. The van der Waals surface area contributed by atoms with Gasteiger partial charge < -0.3 is 14.4 Å². The van der Waals surface area contributed by atoms with E-state index < -0.39 is 16.1 Å². The summed E-state index contributed by atoms with van der Waals surface area (Å²) in [6, 6.07) is -0.491. The summed E-state index contributed by atoms with van der Waals surface area (Å²) >= 11 is 0. The summed E-state index contributed by atoms with van der Waals surface area (Å²) in [6.45, 7) is 0.586. The zero-order valence-corrected chi connectivity index (χ0v) is 17.3. The van der Waals surface area contributed by atoms with Crippen LogP contribution >= 0.6 is 0 Å². The first-order chi connectivity index (χ1) is 13.9. The maximum atomic E-state index is 12.9. The van der Waals surface area contributed by atoms with Crippen molar-refractivity contribution in [2.24, 2.45) is 4.40 Å². The lowest BCUT2D eigenvalue weighted by Crippen LogP contribution is -2.53. The fourth-order valence-corrected chi connectivity index (χ4v) is 5.05. The topological polar surface area (TPSA) is 111 Å². The Labute approximate surface area is 170 Å². The third-order valence-corrected chi connectivity index (χ3v) is 6.34. The van der Waals surface area contributed by atoms with Gasteiger partial charge in [0.15, 0.2) is 6.61 Å². The molecule has 1 aromatic rings. The molecule has 29 heavy (non-hydrogen) atoms. The Morgan fingerprint density at radius 2 is 1.93 bits per heavy atom. The predicted molar refractivity (Wildman–Crippen MR) is 105 cm³/mol. The van der Waals surface area contributed by atoms with E-state index in [-0.39, 0.29) is 31.1 Å². The highest BCUT2D eigenvalue weighted by atomic mass is 32.2. The number of amides is 1. The van der Waals surface area contributed by atoms with Gasteiger partial charge in [0.25, 0.3) is 5.91 Å². The number of carbonyl (C=O) groups is 1. The maximum Gasteiger partial charge on any atom is 0.261 e. The smallest absolute Gasteiger partial charge is 0.261 e. The van der Waals surface area contributed by atoms with Crippen LogP contribution in [0.4, 0.5) is 0 Å². The van der Waals surface area contributed by atoms with Crippen molar-refractivity contribution in [3.8, 4) is 5.88 Å². The summed E-state index contributed by atoms with van der Waals surface area (Å²) in [4.78, 5) is 23.3. The average molecular weight is 423 g/mol. The Kier molecular flexibility index (Phi) is 5.82. The van der Waals surface area contributed by atoms with Gasteiger partial charge in [-0.05, 0) is 38.5 Å². The number of nitrogens with zero attached hydrogens (tertiary/aromatic N) is 4. The van der Waals surface area contributed by atoms with Crippen LogP contribution < -0.4 is 4.74 Å². The summed E-state index contributed by atoms with van der Waals surface area (Å²) in [5, 5.41) is 0. The molecule has 1 saturated heterocycles. The van der Waals surface area contributed by atoms with E-state index in [9.17, 15) is 13.2 Å². The lowest BCUT2D eigenvalue weighted by atomic mass is 9.85. The fraction of sp³-hybridized carbons (Fsp3) is 0.684. The van der Waals surface area contributed by atoms with Gasteiger partial charge in [-0.2, -0.15) is 4.40 Å². The zero-order chi connectivity index (χ0) is 20.4. The second-order valence-electron chi connectivity index (χ2n) is 7.86. The minimum absolute atomic E-state index is 0.0754. The molecule has 1 aliphatic carbocycles. The molecule has 0 spiro atoms. The largest absolute Gasteiger partial charge is 0.466 e. The summed E-state index contributed by atoms with van der Waals surface area (Å²) in [6.07, 6.45) is 9.12. The molecular formula is C19H26N4O5S. The van der Waals surface area contributed by atoms with Crippen LogP contribution in [0.25, 0.3) is 0 Å². The van der Waals surface area contributed by atoms with Crippen LogP contribution in [0.2, 0.25) is 0 Å². The SMILES string of the molecule is CS(=O)(=O)/N=C1\CCCN2C(=O)COc3nccnc3C3CCC(CC3)OC[C@@H]12. The van der Waals surface area contributed by atoms with E-state index in [1.165, 1.54) is 0 Å². The molecule has 5 rings (SSSR count). The van der Waals surface area contributed by atoms with Gasteiger partial charge in [-0.25, -0.2) is 13.4 Å². The minimum Gasteiger partial charge on any atom is -0.466 e. The molecule has 2 fully saturated rings. The number of hydrogen-bond acceptors (Lipinski definition) is 7. The molecule has 1 amide bonds. The first-order valence-electron chi connectivity index (χ1n) is 10.0. The number of carbonyl (C=O) groups excluding carboxylic acids is 1.